The van der Waals surface area contributed by atoms with E-state index in [9.17, 15) is 18.4 Å². The van der Waals surface area contributed by atoms with E-state index in [1.54, 1.807) is 12.4 Å². The highest BCUT2D eigenvalue weighted by Gasteiger charge is 2.37. The van der Waals surface area contributed by atoms with Crippen LogP contribution in [0.4, 0.5) is 14.5 Å². The smallest absolute Gasteiger partial charge is 0.239 e. The van der Waals surface area contributed by atoms with Gasteiger partial charge in [-0.3, -0.25) is 14.6 Å². The Balaban J connectivity index is 1.58. The van der Waals surface area contributed by atoms with Crippen molar-refractivity contribution >= 4 is 17.5 Å². The fraction of sp³-hybridized carbons (Fsp3) is 0.278. The zero-order valence-corrected chi connectivity index (χ0v) is 13.4. The number of anilines is 1. The van der Waals surface area contributed by atoms with Gasteiger partial charge in [0.25, 0.3) is 0 Å². The van der Waals surface area contributed by atoms with Crippen molar-refractivity contribution in [1.82, 2.24) is 10.3 Å². The predicted octanol–water partition coefficient (Wildman–Crippen LogP) is 2.07. The van der Waals surface area contributed by atoms with E-state index in [1.807, 2.05) is 12.1 Å². The van der Waals surface area contributed by atoms with Crippen molar-refractivity contribution < 1.29 is 18.4 Å². The van der Waals surface area contributed by atoms with Crippen LogP contribution in [0.5, 0.6) is 0 Å². The molecule has 0 spiro atoms. The predicted molar refractivity (Wildman–Crippen MR) is 87.8 cm³/mol. The first-order valence-corrected chi connectivity index (χ1v) is 7.98. The van der Waals surface area contributed by atoms with Crippen molar-refractivity contribution in [2.45, 2.75) is 12.8 Å². The van der Waals surface area contributed by atoms with Crippen LogP contribution < -0.4 is 10.2 Å². The van der Waals surface area contributed by atoms with Gasteiger partial charge >= 0.3 is 0 Å². The highest BCUT2D eigenvalue weighted by atomic mass is 19.1. The molecule has 0 radical (unpaired) electrons. The molecule has 3 rings (SSSR count). The summed E-state index contributed by atoms with van der Waals surface area (Å²) in [5, 5.41) is 2.74. The Morgan fingerprint density at radius 3 is 2.72 bits per heavy atom. The molecule has 1 fully saturated rings. The van der Waals surface area contributed by atoms with E-state index >= 15 is 0 Å². The maximum Gasteiger partial charge on any atom is 0.239 e. The van der Waals surface area contributed by atoms with E-state index in [0.717, 1.165) is 23.8 Å². The zero-order chi connectivity index (χ0) is 17.8. The molecule has 1 unspecified atom stereocenters. The number of carbonyl (C=O) groups excluding carboxylic acids is 2. The molecule has 1 saturated heterocycles. The van der Waals surface area contributed by atoms with Gasteiger partial charge in [-0.2, -0.15) is 0 Å². The minimum atomic E-state index is -0.833. The number of nitrogens with one attached hydrogen (secondary N) is 1. The van der Waals surface area contributed by atoms with Crippen LogP contribution in [0.1, 0.15) is 12.0 Å². The number of halogens is 2. The molecule has 0 saturated carbocycles. The topological polar surface area (TPSA) is 62.3 Å². The van der Waals surface area contributed by atoms with Crippen LogP contribution in [0.25, 0.3) is 0 Å². The first-order chi connectivity index (χ1) is 12.0. The number of pyridine rings is 1. The largest absolute Gasteiger partial charge is 0.355 e. The lowest BCUT2D eigenvalue weighted by Crippen LogP contribution is -2.37. The molecule has 2 heterocycles. The van der Waals surface area contributed by atoms with Crippen LogP contribution in [-0.2, 0) is 16.0 Å². The van der Waals surface area contributed by atoms with E-state index in [1.165, 1.54) is 4.90 Å². The van der Waals surface area contributed by atoms with Gasteiger partial charge in [-0.1, -0.05) is 6.07 Å². The third kappa shape index (κ3) is 3.99. The van der Waals surface area contributed by atoms with Gasteiger partial charge < -0.3 is 10.2 Å². The van der Waals surface area contributed by atoms with E-state index in [4.69, 9.17) is 0 Å². The van der Waals surface area contributed by atoms with Gasteiger partial charge in [0.1, 0.15) is 17.6 Å². The summed E-state index contributed by atoms with van der Waals surface area (Å²) in [6.45, 7) is 0.644. The fourth-order valence-electron chi connectivity index (χ4n) is 2.87. The Morgan fingerprint density at radius 1 is 1.28 bits per heavy atom. The Bertz CT molecular complexity index is 763. The minimum Gasteiger partial charge on any atom is -0.355 e. The number of carbonyl (C=O) groups is 2. The zero-order valence-electron chi connectivity index (χ0n) is 13.4. The number of amides is 2. The van der Waals surface area contributed by atoms with Gasteiger partial charge in [-0.15, -0.1) is 0 Å². The molecule has 1 aliphatic rings. The van der Waals surface area contributed by atoms with Crippen LogP contribution in [-0.4, -0.2) is 29.9 Å². The summed E-state index contributed by atoms with van der Waals surface area (Å²) in [6.07, 6.45) is 4.31. The summed E-state index contributed by atoms with van der Waals surface area (Å²) in [7, 11) is 0. The van der Waals surface area contributed by atoms with Gasteiger partial charge in [0.05, 0.1) is 0 Å². The van der Waals surface area contributed by atoms with Crippen molar-refractivity contribution in [1.29, 1.82) is 0 Å². The Hall–Kier alpha value is -2.83. The number of hydrogen-bond acceptors (Lipinski definition) is 3. The van der Waals surface area contributed by atoms with Crippen molar-refractivity contribution in [3.8, 4) is 0 Å². The molecule has 0 aliphatic carbocycles. The monoisotopic (exact) mass is 345 g/mol. The van der Waals surface area contributed by atoms with Crippen molar-refractivity contribution in [3.05, 3.63) is 59.9 Å². The average Bonchev–Trinajstić information content (AvgIpc) is 2.96. The second kappa shape index (κ2) is 7.38. The first-order valence-electron chi connectivity index (χ1n) is 7.98. The Morgan fingerprint density at radius 2 is 2.04 bits per heavy atom. The molecule has 0 bridgehead atoms. The van der Waals surface area contributed by atoms with Gasteiger partial charge in [0, 0.05) is 37.2 Å². The quantitative estimate of drug-likeness (QED) is 0.844. The lowest BCUT2D eigenvalue weighted by molar-refractivity contribution is -0.132. The number of benzene rings is 1. The normalized spacial score (nSPS) is 17.0. The maximum atomic E-state index is 13.3. The molecule has 1 aromatic heterocycles. The lowest BCUT2D eigenvalue weighted by Gasteiger charge is -2.17. The summed E-state index contributed by atoms with van der Waals surface area (Å²) in [5.41, 5.74) is 1.12. The SMILES string of the molecule is O=C(NCCc1cccnc1)C1CCN(c2cc(F)cc(F)c2)C1=O. The average molecular weight is 345 g/mol. The minimum absolute atomic E-state index is 0.133. The molecule has 2 amide bonds. The van der Waals surface area contributed by atoms with Crippen molar-refractivity contribution in [2.24, 2.45) is 5.92 Å². The molecular formula is C18H17F2N3O2. The third-order valence-electron chi connectivity index (χ3n) is 4.12. The Kier molecular flexibility index (Phi) is 5.02. The number of hydrogen-bond donors (Lipinski definition) is 1. The highest BCUT2D eigenvalue weighted by Crippen LogP contribution is 2.26. The van der Waals surface area contributed by atoms with Crippen LogP contribution in [0, 0.1) is 17.6 Å². The molecule has 2 aromatic rings. The number of aromatic nitrogens is 1. The highest BCUT2D eigenvalue weighted by molar-refractivity contribution is 6.09. The third-order valence-corrected chi connectivity index (χ3v) is 4.12. The molecule has 1 N–H and O–H groups in total. The van der Waals surface area contributed by atoms with Gasteiger partial charge in [-0.05, 0) is 36.6 Å². The van der Waals surface area contributed by atoms with E-state index in [0.29, 0.717) is 19.4 Å². The second-order valence-electron chi connectivity index (χ2n) is 5.86. The van der Waals surface area contributed by atoms with E-state index < -0.39 is 23.5 Å². The van der Waals surface area contributed by atoms with Crippen LogP contribution in [0.3, 0.4) is 0 Å². The molecule has 25 heavy (non-hydrogen) atoms. The molecule has 130 valence electrons. The van der Waals surface area contributed by atoms with E-state index in [2.05, 4.69) is 10.3 Å². The van der Waals surface area contributed by atoms with Gasteiger partial charge in [-0.25, -0.2) is 8.78 Å². The second-order valence-corrected chi connectivity index (χ2v) is 5.86. The Labute approximate surface area is 143 Å². The lowest BCUT2D eigenvalue weighted by atomic mass is 10.1. The first kappa shape index (κ1) is 17.0. The van der Waals surface area contributed by atoms with E-state index in [-0.39, 0.29) is 18.1 Å². The molecule has 7 heteroatoms. The van der Waals surface area contributed by atoms with Crippen molar-refractivity contribution in [2.75, 3.05) is 18.0 Å². The molecule has 1 aliphatic heterocycles. The summed E-state index contributed by atoms with van der Waals surface area (Å²) in [4.78, 5) is 29.9. The van der Waals surface area contributed by atoms with Crippen molar-refractivity contribution in [3.63, 3.8) is 0 Å². The maximum absolute atomic E-state index is 13.3. The summed E-state index contributed by atoms with van der Waals surface area (Å²) >= 11 is 0. The van der Waals surface area contributed by atoms with Gasteiger partial charge in [0.15, 0.2) is 0 Å². The molecule has 1 aromatic carbocycles. The van der Waals surface area contributed by atoms with Gasteiger partial charge in [0.2, 0.25) is 11.8 Å². The summed E-state index contributed by atoms with van der Waals surface area (Å²) in [6, 6.07) is 6.63. The standard InChI is InChI=1S/C18H17F2N3O2/c19-13-8-14(20)10-15(9-13)23-7-4-16(18(23)25)17(24)22-6-3-12-2-1-5-21-11-12/h1-2,5,8-11,16H,3-4,6-7H2,(H,22,24). The summed E-state index contributed by atoms with van der Waals surface area (Å²) < 4.78 is 26.7. The fourth-order valence-corrected chi connectivity index (χ4v) is 2.87. The molecule has 1 atom stereocenters. The molecule has 5 nitrogen and oxygen atoms in total. The summed E-state index contributed by atoms with van der Waals surface area (Å²) in [5.74, 6) is -3.16. The van der Waals surface area contributed by atoms with Crippen LogP contribution in [0.15, 0.2) is 42.7 Å². The molecular weight excluding hydrogens is 328 g/mol. The van der Waals surface area contributed by atoms with Crippen LogP contribution in [0.2, 0.25) is 0 Å². The number of rotatable bonds is 5. The van der Waals surface area contributed by atoms with Crippen LogP contribution >= 0.6 is 0 Å². The number of nitrogens with zero attached hydrogens (tertiary/aromatic N) is 2.